The minimum absolute atomic E-state index is 0.216. The first-order valence-electron chi connectivity index (χ1n) is 11.5. The third kappa shape index (κ3) is 7.48. The number of hydrogen-bond acceptors (Lipinski definition) is 3. The molecule has 0 heterocycles. The summed E-state index contributed by atoms with van der Waals surface area (Å²) in [6.45, 7) is 6.10. The number of ether oxygens (including phenoxy) is 1. The Hall–Kier alpha value is -3.02. The summed E-state index contributed by atoms with van der Waals surface area (Å²) in [5, 5.41) is 4.12. The van der Waals surface area contributed by atoms with Gasteiger partial charge in [-0.2, -0.15) is 0 Å². The van der Waals surface area contributed by atoms with E-state index in [9.17, 15) is 9.59 Å². The topological polar surface area (TPSA) is 58.6 Å². The van der Waals surface area contributed by atoms with Gasteiger partial charge in [-0.1, -0.05) is 65.7 Å². The molecule has 0 aliphatic rings. The summed E-state index contributed by atoms with van der Waals surface area (Å²) in [5.74, 6) is 0.0328. The molecule has 0 bridgehead atoms. The molecule has 3 aromatic rings. The second kappa shape index (κ2) is 12.6. The molecule has 0 saturated heterocycles. The number of hydrogen-bond donors (Lipinski definition) is 1. The molecule has 0 aliphatic heterocycles. The summed E-state index contributed by atoms with van der Waals surface area (Å²) >= 11 is 12.5. The zero-order valence-electron chi connectivity index (χ0n) is 20.2. The molecule has 0 aromatic heterocycles. The number of aryl methyl sites for hydroxylation is 2. The van der Waals surface area contributed by atoms with Gasteiger partial charge in [-0.25, -0.2) is 0 Å². The van der Waals surface area contributed by atoms with Crippen molar-refractivity contribution in [3.8, 4) is 5.75 Å². The van der Waals surface area contributed by atoms with E-state index in [1.54, 1.807) is 29.2 Å². The van der Waals surface area contributed by atoms with E-state index in [4.69, 9.17) is 27.9 Å². The van der Waals surface area contributed by atoms with Crippen LogP contribution in [0.4, 0.5) is 0 Å². The van der Waals surface area contributed by atoms with E-state index in [2.05, 4.69) is 5.32 Å². The maximum atomic E-state index is 13.5. The largest absolute Gasteiger partial charge is 0.484 e. The number of halogens is 2. The standard InChI is InChI=1S/C28H30Cl2N2O3/c1-4-31-28(34)25(16-21-9-6-5-7-10-21)32(17-22-11-8-12-23(29)15-22)26(33)18-35-24-13-19(2)27(30)20(3)14-24/h5-15,25H,4,16-18H2,1-3H3,(H,31,34). The van der Waals surface area contributed by atoms with Crippen molar-refractivity contribution in [3.05, 3.63) is 99.0 Å². The minimum Gasteiger partial charge on any atom is -0.484 e. The maximum Gasteiger partial charge on any atom is 0.261 e. The zero-order chi connectivity index (χ0) is 25.4. The minimum atomic E-state index is -0.721. The first-order valence-corrected chi connectivity index (χ1v) is 12.3. The van der Waals surface area contributed by atoms with E-state index in [-0.39, 0.29) is 25.0 Å². The number of amides is 2. The second-order valence-electron chi connectivity index (χ2n) is 8.41. The van der Waals surface area contributed by atoms with Gasteiger partial charge in [0, 0.05) is 29.6 Å². The molecule has 7 heteroatoms. The van der Waals surface area contributed by atoms with Gasteiger partial charge in [-0.15, -0.1) is 0 Å². The van der Waals surface area contributed by atoms with Crippen molar-refractivity contribution in [2.24, 2.45) is 0 Å². The van der Waals surface area contributed by atoms with Crippen molar-refractivity contribution < 1.29 is 14.3 Å². The lowest BCUT2D eigenvalue weighted by atomic mass is 10.0. The molecule has 0 radical (unpaired) electrons. The van der Waals surface area contributed by atoms with E-state index >= 15 is 0 Å². The number of benzene rings is 3. The summed E-state index contributed by atoms with van der Waals surface area (Å²) in [6, 6.07) is 19.8. The number of carbonyl (C=O) groups excluding carboxylic acids is 2. The van der Waals surface area contributed by atoms with E-state index in [0.29, 0.717) is 28.8 Å². The predicted molar refractivity (Wildman–Crippen MR) is 141 cm³/mol. The van der Waals surface area contributed by atoms with E-state index < -0.39 is 6.04 Å². The predicted octanol–water partition coefficient (Wildman–Crippen LogP) is 5.77. The van der Waals surface area contributed by atoms with E-state index in [0.717, 1.165) is 22.3 Å². The lowest BCUT2D eigenvalue weighted by Crippen LogP contribution is -2.51. The highest BCUT2D eigenvalue weighted by Crippen LogP contribution is 2.26. The molecule has 35 heavy (non-hydrogen) atoms. The first kappa shape index (κ1) is 26.6. The summed E-state index contributed by atoms with van der Waals surface area (Å²) in [4.78, 5) is 28.3. The number of likely N-dealkylation sites (N-methyl/N-ethyl adjacent to an activating group) is 1. The average Bonchev–Trinajstić information content (AvgIpc) is 2.84. The molecule has 5 nitrogen and oxygen atoms in total. The molecule has 184 valence electrons. The van der Waals surface area contributed by atoms with Crippen LogP contribution in [-0.4, -0.2) is 35.9 Å². The van der Waals surface area contributed by atoms with E-state index in [1.165, 1.54) is 0 Å². The van der Waals surface area contributed by atoms with Gasteiger partial charge in [-0.3, -0.25) is 9.59 Å². The normalized spacial score (nSPS) is 11.6. The lowest BCUT2D eigenvalue weighted by Gasteiger charge is -2.31. The van der Waals surface area contributed by atoms with E-state index in [1.807, 2.05) is 63.2 Å². The van der Waals surface area contributed by atoms with Crippen LogP contribution in [0.25, 0.3) is 0 Å². The summed E-state index contributed by atoms with van der Waals surface area (Å²) in [7, 11) is 0. The maximum absolute atomic E-state index is 13.5. The van der Waals surface area contributed by atoms with Crippen molar-refractivity contribution in [1.82, 2.24) is 10.2 Å². The second-order valence-corrected chi connectivity index (χ2v) is 9.23. The highest BCUT2D eigenvalue weighted by atomic mass is 35.5. The number of rotatable bonds is 10. The van der Waals surface area contributed by atoms with Crippen LogP contribution >= 0.6 is 23.2 Å². The van der Waals surface area contributed by atoms with Crippen LogP contribution in [0.3, 0.4) is 0 Å². The van der Waals surface area contributed by atoms with Crippen LogP contribution in [0.2, 0.25) is 10.0 Å². The van der Waals surface area contributed by atoms with Gasteiger partial charge in [0.25, 0.3) is 5.91 Å². The van der Waals surface area contributed by atoms with Gasteiger partial charge in [-0.05, 0) is 67.3 Å². The highest BCUT2D eigenvalue weighted by molar-refractivity contribution is 6.32. The monoisotopic (exact) mass is 512 g/mol. The SMILES string of the molecule is CCNC(=O)C(Cc1ccccc1)N(Cc1cccc(Cl)c1)C(=O)COc1cc(C)c(Cl)c(C)c1. The fourth-order valence-corrected chi connectivity index (χ4v) is 4.22. The van der Waals surface area contributed by atoms with Crippen LogP contribution in [0.15, 0.2) is 66.7 Å². The third-order valence-electron chi connectivity index (χ3n) is 5.64. The summed E-state index contributed by atoms with van der Waals surface area (Å²) in [6.07, 6.45) is 0.373. The molecule has 0 aliphatic carbocycles. The molecule has 3 rings (SSSR count). The van der Waals surface area contributed by atoms with Gasteiger partial charge in [0.15, 0.2) is 6.61 Å². The molecule has 1 unspecified atom stereocenters. The van der Waals surface area contributed by atoms with Crippen LogP contribution in [0.5, 0.6) is 5.75 Å². The van der Waals surface area contributed by atoms with Gasteiger partial charge in [0.05, 0.1) is 0 Å². The molecular formula is C28H30Cl2N2O3. The molecule has 3 aromatic carbocycles. The Bertz CT molecular complexity index is 1140. The molecule has 2 amide bonds. The molecule has 1 atom stereocenters. The Morgan fingerprint density at radius 1 is 0.943 bits per heavy atom. The summed E-state index contributed by atoms with van der Waals surface area (Å²) < 4.78 is 5.86. The van der Waals surface area contributed by atoms with Crippen LogP contribution in [-0.2, 0) is 22.6 Å². The fourth-order valence-electron chi connectivity index (χ4n) is 3.90. The van der Waals surface area contributed by atoms with Crippen molar-refractivity contribution >= 4 is 35.0 Å². The highest BCUT2D eigenvalue weighted by Gasteiger charge is 2.30. The van der Waals surface area contributed by atoms with Crippen molar-refractivity contribution in [2.75, 3.05) is 13.2 Å². The van der Waals surface area contributed by atoms with Gasteiger partial charge >= 0.3 is 0 Å². The summed E-state index contributed by atoms with van der Waals surface area (Å²) in [5.41, 5.74) is 3.52. The number of carbonyl (C=O) groups is 2. The zero-order valence-corrected chi connectivity index (χ0v) is 21.7. The van der Waals surface area contributed by atoms with Crippen LogP contribution in [0, 0.1) is 13.8 Å². The van der Waals surface area contributed by atoms with Crippen molar-refractivity contribution in [2.45, 2.75) is 39.8 Å². The Morgan fingerprint density at radius 3 is 2.23 bits per heavy atom. The Morgan fingerprint density at radius 2 is 1.60 bits per heavy atom. The Labute approximate surface area is 217 Å². The molecule has 0 saturated carbocycles. The Kier molecular flexibility index (Phi) is 9.58. The van der Waals surface area contributed by atoms with Crippen molar-refractivity contribution in [3.63, 3.8) is 0 Å². The van der Waals surface area contributed by atoms with Crippen molar-refractivity contribution in [1.29, 1.82) is 0 Å². The first-order chi connectivity index (χ1) is 16.8. The van der Waals surface area contributed by atoms with Gasteiger partial charge in [0.2, 0.25) is 5.91 Å². The number of nitrogens with one attached hydrogen (secondary N) is 1. The Balaban J connectivity index is 1.90. The molecule has 0 spiro atoms. The number of nitrogens with zero attached hydrogens (tertiary/aromatic N) is 1. The smallest absolute Gasteiger partial charge is 0.261 e. The fraction of sp³-hybridized carbons (Fsp3) is 0.286. The average molecular weight is 513 g/mol. The molecule has 1 N–H and O–H groups in total. The molecular weight excluding hydrogens is 483 g/mol. The van der Waals surface area contributed by atoms with Crippen LogP contribution < -0.4 is 10.1 Å². The van der Waals surface area contributed by atoms with Gasteiger partial charge < -0.3 is 15.0 Å². The quantitative estimate of drug-likeness (QED) is 0.375. The van der Waals surface area contributed by atoms with Gasteiger partial charge in [0.1, 0.15) is 11.8 Å². The van der Waals surface area contributed by atoms with Crippen LogP contribution in [0.1, 0.15) is 29.2 Å². The molecule has 0 fully saturated rings. The lowest BCUT2D eigenvalue weighted by molar-refractivity contribution is -0.142. The third-order valence-corrected chi connectivity index (χ3v) is 6.47.